The summed E-state index contributed by atoms with van der Waals surface area (Å²) in [4.78, 5) is 11.3. The highest BCUT2D eigenvalue weighted by Gasteiger charge is 2.35. The molecule has 3 nitrogen and oxygen atoms in total. The highest BCUT2D eigenvalue weighted by Crippen LogP contribution is 2.41. The Morgan fingerprint density at radius 3 is 2.36 bits per heavy atom. The van der Waals surface area contributed by atoms with E-state index in [0.717, 1.165) is 22.4 Å². The number of hydrogen-bond donors (Lipinski definition) is 2. The second-order valence-electron chi connectivity index (χ2n) is 7.12. The number of carboxylic acids is 1. The maximum atomic E-state index is 11.3. The molecule has 0 aromatic heterocycles. The van der Waals surface area contributed by atoms with Gasteiger partial charge in [0.1, 0.15) is 6.04 Å². The highest BCUT2D eigenvalue weighted by molar-refractivity contribution is 6.24. The molecular formula is C21H22ClNO2. The molecule has 2 aromatic carbocycles. The van der Waals surface area contributed by atoms with Crippen LogP contribution in [0.5, 0.6) is 0 Å². The van der Waals surface area contributed by atoms with Crippen molar-refractivity contribution in [2.45, 2.75) is 49.4 Å². The number of anilines is 1. The third-order valence-corrected chi connectivity index (χ3v) is 6.03. The molecule has 0 spiro atoms. The normalized spacial score (nSPS) is 23.1. The van der Waals surface area contributed by atoms with E-state index in [4.69, 9.17) is 11.6 Å². The Kier molecular flexibility index (Phi) is 4.43. The maximum Gasteiger partial charge on any atom is 0.328 e. The molecule has 1 heterocycles. The Morgan fingerprint density at radius 1 is 1.00 bits per heavy atom. The van der Waals surface area contributed by atoms with Crippen LogP contribution in [0.4, 0.5) is 5.69 Å². The highest BCUT2D eigenvalue weighted by atomic mass is 35.5. The molecule has 0 amide bonds. The van der Waals surface area contributed by atoms with Gasteiger partial charge in [0.25, 0.3) is 0 Å². The summed E-state index contributed by atoms with van der Waals surface area (Å²) in [6, 6.07) is 14.0. The lowest BCUT2D eigenvalue weighted by Gasteiger charge is -2.22. The number of hydrogen-bond acceptors (Lipinski definition) is 2. The average molecular weight is 356 g/mol. The van der Waals surface area contributed by atoms with Crippen molar-refractivity contribution in [2.75, 3.05) is 5.32 Å². The Hall–Kier alpha value is -2.00. The van der Waals surface area contributed by atoms with E-state index >= 15 is 0 Å². The van der Waals surface area contributed by atoms with Crippen LogP contribution >= 0.6 is 11.6 Å². The average Bonchev–Trinajstić information content (AvgIpc) is 2.99. The number of carbonyl (C=O) groups is 1. The lowest BCUT2D eigenvalue weighted by Crippen LogP contribution is -2.27. The van der Waals surface area contributed by atoms with Gasteiger partial charge in [0.15, 0.2) is 0 Å². The summed E-state index contributed by atoms with van der Waals surface area (Å²) in [6.07, 6.45) is 6.65. The molecule has 0 radical (unpaired) electrons. The predicted molar refractivity (Wildman–Crippen MR) is 101 cm³/mol. The lowest BCUT2D eigenvalue weighted by atomic mass is 9.83. The molecule has 1 fully saturated rings. The first kappa shape index (κ1) is 16.5. The standard InChI is InChI=1S/C21H22ClNO2/c22-19-17-12-16(10-11-18(17)23-20(19)21(24)25)15-8-6-14(7-9-15)13-4-2-1-3-5-13/h6-13,19-20,23H,1-5H2,(H,24,25). The van der Waals surface area contributed by atoms with Crippen molar-refractivity contribution in [1.82, 2.24) is 0 Å². The summed E-state index contributed by atoms with van der Waals surface area (Å²) in [7, 11) is 0. The van der Waals surface area contributed by atoms with Crippen LogP contribution < -0.4 is 5.32 Å². The van der Waals surface area contributed by atoms with Crippen molar-refractivity contribution in [1.29, 1.82) is 0 Å². The van der Waals surface area contributed by atoms with Crippen molar-refractivity contribution < 1.29 is 9.90 Å². The van der Waals surface area contributed by atoms with Crippen molar-refractivity contribution in [2.24, 2.45) is 0 Å². The van der Waals surface area contributed by atoms with Gasteiger partial charge in [0.05, 0.1) is 5.38 Å². The molecule has 1 aliphatic carbocycles. The molecule has 2 unspecified atom stereocenters. The number of benzene rings is 2. The van der Waals surface area contributed by atoms with E-state index in [2.05, 4.69) is 29.6 Å². The van der Waals surface area contributed by atoms with Gasteiger partial charge in [0.2, 0.25) is 0 Å². The zero-order valence-electron chi connectivity index (χ0n) is 14.0. The zero-order chi connectivity index (χ0) is 17.4. The fraction of sp³-hybridized carbons (Fsp3) is 0.381. The molecule has 2 atom stereocenters. The van der Waals surface area contributed by atoms with Gasteiger partial charge in [-0.1, -0.05) is 49.6 Å². The van der Waals surface area contributed by atoms with Crippen LogP contribution in [0.1, 0.15) is 54.5 Å². The first-order valence-electron chi connectivity index (χ1n) is 9.01. The molecule has 25 heavy (non-hydrogen) atoms. The van der Waals surface area contributed by atoms with Gasteiger partial charge in [-0.15, -0.1) is 11.6 Å². The van der Waals surface area contributed by atoms with Crippen LogP contribution in [0.3, 0.4) is 0 Å². The monoisotopic (exact) mass is 355 g/mol. The fourth-order valence-electron chi connectivity index (χ4n) is 4.09. The molecule has 130 valence electrons. The Balaban J connectivity index is 1.58. The summed E-state index contributed by atoms with van der Waals surface area (Å²) in [5.41, 5.74) is 5.34. The van der Waals surface area contributed by atoms with E-state index in [-0.39, 0.29) is 0 Å². The number of carboxylic acid groups (broad SMARTS) is 1. The molecule has 4 rings (SSSR count). The van der Waals surface area contributed by atoms with Crippen molar-refractivity contribution in [3.63, 3.8) is 0 Å². The molecule has 2 aliphatic rings. The largest absolute Gasteiger partial charge is 0.480 e. The zero-order valence-corrected chi connectivity index (χ0v) is 14.8. The number of fused-ring (bicyclic) bond motifs is 1. The van der Waals surface area contributed by atoms with E-state index in [1.807, 2.05) is 18.2 Å². The predicted octanol–water partition coefficient (Wildman–Crippen LogP) is 5.56. The van der Waals surface area contributed by atoms with Gasteiger partial charge in [-0.2, -0.15) is 0 Å². The van der Waals surface area contributed by atoms with Crippen molar-refractivity contribution in [3.05, 3.63) is 53.6 Å². The molecular weight excluding hydrogens is 334 g/mol. The fourth-order valence-corrected chi connectivity index (χ4v) is 4.44. The van der Waals surface area contributed by atoms with Gasteiger partial charge in [-0.05, 0) is 53.1 Å². The Bertz CT molecular complexity index is 781. The summed E-state index contributed by atoms with van der Waals surface area (Å²) < 4.78 is 0. The number of alkyl halides is 1. The van der Waals surface area contributed by atoms with Crippen LogP contribution in [0.25, 0.3) is 11.1 Å². The summed E-state index contributed by atoms with van der Waals surface area (Å²) in [5.74, 6) is -0.217. The second kappa shape index (κ2) is 6.72. The lowest BCUT2D eigenvalue weighted by molar-refractivity contribution is -0.137. The topological polar surface area (TPSA) is 49.3 Å². The molecule has 1 saturated carbocycles. The second-order valence-corrected chi connectivity index (χ2v) is 7.59. The third kappa shape index (κ3) is 3.13. The third-order valence-electron chi connectivity index (χ3n) is 5.54. The van der Waals surface area contributed by atoms with Gasteiger partial charge in [-0.25, -0.2) is 4.79 Å². The molecule has 1 aliphatic heterocycles. The molecule has 2 N–H and O–H groups in total. The maximum absolute atomic E-state index is 11.3. The smallest absolute Gasteiger partial charge is 0.328 e. The number of halogens is 1. The minimum Gasteiger partial charge on any atom is -0.480 e. The van der Waals surface area contributed by atoms with Gasteiger partial charge >= 0.3 is 5.97 Å². The minimum atomic E-state index is -0.922. The molecule has 0 saturated heterocycles. The minimum absolute atomic E-state index is 0.547. The van der Waals surface area contributed by atoms with Crippen molar-refractivity contribution in [3.8, 4) is 11.1 Å². The van der Waals surface area contributed by atoms with E-state index < -0.39 is 17.4 Å². The number of nitrogens with one attached hydrogen (secondary N) is 1. The van der Waals surface area contributed by atoms with Crippen LogP contribution in [-0.2, 0) is 4.79 Å². The van der Waals surface area contributed by atoms with Crippen molar-refractivity contribution >= 4 is 23.3 Å². The van der Waals surface area contributed by atoms with Crippen LogP contribution in [0.15, 0.2) is 42.5 Å². The summed E-state index contributed by atoms with van der Waals surface area (Å²) >= 11 is 6.35. The van der Waals surface area contributed by atoms with Crippen LogP contribution in [0.2, 0.25) is 0 Å². The van der Waals surface area contributed by atoms with E-state index in [0.29, 0.717) is 5.92 Å². The Morgan fingerprint density at radius 2 is 1.68 bits per heavy atom. The quantitative estimate of drug-likeness (QED) is 0.708. The SMILES string of the molecule is O=C(O)C1Nc2ccc(-c3ccc(C4CCCCC4)cc3)cc2C1Cl. The van der Waals surface area contributed by atoms with Gasteiger partial charge in [0, 0.05) is 5.69 Å². The van der Waals surface area contributed by atoms with Crippen LogP contribution in [-0.4, -0.2) is 17.1 Å². The molecule has 2 aromatic rings. The first-order chi connectivity index (χ1) is 12.1. The number of rotatable bonds is 3. The van der Waals surface area contributed by atoms with E-state index in [1.54, 1.807) is 0 Å². The number of aliphatic carboxylic acids is 1. The molecule has 0 bridgehead atoms. The van der Waals surface area contributed by atoms with Gasteiger partial charge in [-0.3, -0.25) is 0 Å². The van der Waals surface area contributed by atoms with Crippen LogP contribution in [0, 0.1) is 0 Å². The first-order valence-corrected chi connectivity index (χ1v) is 9.45. The van der Waals surface area contributed by atoms with E-state index in [1.165, 1.54) is 37.7 Å². The molecule has 4 heteroatoms. The summed E-state index contributed by atoms with van der Waals surface area (Å²) in [6.45, 7) is 0. The van der Waals surface area contributed by atoms with E-state index in [9.17, 15) is 9.90 Å². The Labute approximate surface area is 153 Å². The summed E-state index contributed by atoms with van der Waals surface area (Å²) in [5, 5.41) is 11.7. The van der Waals surface area contributed by atoms with Gasteiger partial charge < -0.3 is 10.4 Å².